The molecule has 4 amide bonds. The second-order valence-electron chi connectivity index (χ2n) is 11.6. The van der Waals surface area contributed by atoms with Gasteiger partial charge < -0.3 is 25.2 Å². The highest BCUT2D eigenvalue weighted by atomic mass is 19.2. The maximum atomic E-state index is 14.4. The number of halogens is 2. The molecule has 238 valence electrons. The summed E-state index contributed by atoms with van der Waals surface area (Å²) < 4.78 is 38.3. The minimum atomic E-state index is -1.41. The molecule has 5 rings (SSSR count). The lowest BCUT2D eigenvalue weighted by Gasteiger charge is -2.40. The van der Waals surface area contributed by atoms with Crippen LogP contribution in [0.5, 0.6) is 0 Å². The average Bonchev–Trinajstić information content (AvgIpc) is 3.50. The molecular formula is C32H35F2N5O6. The molecule has 2 fully saturated rings. The molecule has 2 atom stereocenters. The predicted molar refractivity (Wildman–Crippen MR) is 156 cm³/mol. The number of methoxy groups -OCH3 is 2. The number of carbonyl (C=O) groups excluding carboxylic acids is 3. The van der Waals surface area contributed by atoms with E-state index in [-0.39, 0.29) is 35.5 Å². The molecule has 1 saturated carbocycles. The van der Waals surface area contributed by atoms with Crippen molar-refractivity contribution in [3.8, 4) is 6.07 Å². The van der Waals surface area contributed by atoms with Gasteiger partial charge in [0.1, 0.15) is 6.04 Å². The fourth-order valence-corrected chi connectivity index (χ4v) is 6.55. The molecule has 0 bridgehead atoms. The van der Waals surface area contributed by atoms with E-state index in [9.17, 15) is 28.3 Å². The molecule has 1 saturated heterocycles. The lowest BCUT2D eigenvalue weighted by Crippen LogP contribution is -2.57. The first-order valence-corrected chi connectivity index (χ1v) is 14.7. The number of aliphatic hydroxyl groups is 1. The van der Waals surface area contributed by atoms with Gasteiger partial charge in [-0.15, -0.1) is 0 Å². The zero-order valence-corrected chi connectivity index (χ0v) is 25.0. The topological polar surface area (TPSA) is 144 Å². The Bertz CT molecular complexity index is 1530. The van der Waals surface area contributed by atoms with Crippen LogP contribution in [0, 0.1) is 23.0 Å². The summed E-state index contributed by atoms with van der Waals surface area (Å²) in [4.78, 5) is 43.0. The van der Waals surface area contributed by atoms with Crippen LogP contribution in [0.25, 0.3) is 0 Å². The highest BCUT2D eigenvalue weighted by molar-refractivity contribution is 6.01. The number of likely N-dealkylation sites (tertiary alicyclic amines) is 1. The van der Waals surface area contributed by atoms with Gasteiger partial charge in [-0.3, -0.25) is 4.90 Å². The highest BCUT2D eigenvalue weighted by Crippen LogP contribution is 2.40. The van der Waals surface area contributed by atoms with E-state index in [4.69, 9.17) is 14.7 Å². The quantitative estimate of drug-likeness (QED) is 0.397. The van der Waals surface area contributed by atoms with Crippen LogP contribution < -0.4 is 10.6 Å². The number of rotatable bonds is 7. The van der Waals surface area contributed by atoms with Crippen LogP contribution in [0.1, 0.15) is 54.8 Å². The van der Waals surface area contributed by atoms with E-state index in [1.165, 1.54) is 13.2 Å². The van der Waals surface area contributed by atoms with Crippen LogP contribution >= 0.6 is 0 Å². The van der Waals surface area contributed by atoms with Crippen molar-refractivity contribution < 1.29 is 37.7 Å². The predicted octanol–water partition coefficient (Wildman–Crippen LogP) is 3.59. The van der Waals surface area contributed by atoms with Crippen molar-refractivity contribution in [1.29, 1.82) is 5.26 Å². The van der Waals surface area contributed by atoms with Crippen LogP contribution in [0.15, 0.2) is 53.7 Å². The number of benzene rings is 2. The van der Waals surface area contributed by atoms with Gasteiger partial charge in [-0.2, -0.15) is 5.26 Å². The molecule has 3 aliphatic rings. The summed E-state index contributed by atoms with van der Waals surface area (Å²) >= 11 is 0. The molecule has 11 nitrogen and oxygen atoms in total. The lowest BCUT2D eigenvalue weighted by atomic mass is 9.77. The van der Waals surface area contributed by atoms with Crippen LogP contribution in [0.2, 0.25) is 0 Å². The SMILES string of the molecule is COCC1=C(C(=O)OC)[C@H](c2ccc(F)c(F)c2)N(C(=O)N[C@@H]2CCN(C3CCC(O)(c4ccc(C#N)cc4)CC3)C2)C(=O)N1. The molecule has 2 aliphatic heterocycles. The number of esters is 1. The van der Waals surface area contributed by atoms with Crippen molar-refractivity contribution >= 4 is 18.0 Å². The number of nitrogens with zero attached hydrogens (tertiary/aromatic N) is 3. The number of ether oxygens (including phenoxy) is 2. The van der Waals surface area contributed by atoms with Crippen molar-refractivity contribution in [3.63, 3.8) is 0 Å². The van der Waals surface area contributed by atoms with E-state index in [1.54, 1.807) is 24.3 Å². The van der Waals surface area contributed by atoms with Gasteiger partial charge in [0.15, 0.2) is 11.6 Å². The van der Waals surface area contributed by atoms with E-state index in [2.05, 4.69) is 21.6 Å². The Morgan fingerprint density at radius 3 is 2.44 bits per heavy atom. The van der Waals surface area contributed by atoms with Gasteiger partial charge in [0.05, 0.1) is 42.2 Å². The fourth-order valence-electron chi connectivity index (χ4n) is 6.55. The Morgan fingerprint density at radius 2 is 1.82 bits per heavy atom. The van der Waals surface area contributed by atoms with Crippen molar-refractivity contribution in [1.82, 2.24) is 20.4 Å². The normalized spacial score (nSPS) is 25.5. The molecule has 1 aliphatic carbocycles. The highest BCUT2D eigenvalue weighted by Gasteiger charge is 2.44. The Kier molecular flexibility index (Phi) is 9.48. The first kappa shape index (κ1) is 32.0. The minimum absolute atomic E-state index is 0.00194. The van der Waals surface area contributed by atoms with Crippen LogP contribution in [0.3, 0.4) is 0 Å². The van der Waals surface area contributed by atoms with Crippen molar-refractivity contribution in [2.75, 3.05) is 33.9 Å². The third kappa shape index (κ3) is 6.54. The number of amides is 4. The Morgan fingerprint density at radius 1 is 1.11 bits per heavy atom. The van der Waals surface area contributed by atoms with E-state index in [0.717, 1.165) is 42.5 Å². The van der Waals surface area contributed by atoms with Crippen molar-refractivity contribution in [3.05, 3.63) is 82.1 Å². The summed E-state index contributed by atoms with van der Waals surface area (Å²) in [6, 6.07) is 8.74. The molecular weight excluding hydrogens is 588 g/mol. The number of hydrogen-bond donors (Lipinski definition) is 3. The van der Waals surface area contributed by atoms with Gasteiger partial charge in [-0.05, 0) is 67.5 Å². The first-order chi connectivity index (χ1) is 21.6. The molecule has 2 aromatic carbocycles. The van der Waals surface area contributed by atoms with Crippen LogP contribution in [0.4, 0.5) is 18.4 Å². The molecule has 0 aromatic heterocycles. The van der Waals surface area contributed by atoms with Gasteiger partial charge in [0.25, 0.3) is 0 Å². The van der Waals surface area contributed by atoms with Gasteiger partial charge in [-0.25, -0.2) is 28.1 Å². The lowest BCUT2D eigenvalue weighted by molar-refractivity contribution is -0.137. The average molecular weight is 624 g/mol. The van der Waals surface area contributed by atoms with Gasteiger partial charge in [0, 0.05) is 32.3 Å². The Balaban J connectivity index is 1.30. The number of urea groups is 2. The maximum Gasteiger partial charge on any atom is 0.338 e. The molecule has 2 aromatic rings. The number of imide groups is 1. The molecule has 0 unspecified atom stereocenters. The van der Waals surface area contributed by atoms with Crippen LogP contribution in [-0.2, 0) is 19.9 Å². The summed E-state index contributed by atoms with van der Waals surface area (Å²) in [6.45, 7) is 0.992. The van der Waals surface area contributed by atoms with Crippen molar-refractivity contribution in [2.45, 2.75) is 55.8 Å². The minimum Gasteiger partial charge on any atom is -0.466 e. The molecule has 2 heterocycles. The third-order valence-electron chi connectivity index (χ3n) is 8.90. The monoisotopic (exact) mass is 623 g/mol. The number of carbonyl (C=O) groups is 3. The zero-order valence-electron chi connectivity index (χ0n) is 25.0. The number of nitriles is 1. The van der Waals surface area contributed by atoms with Gasteiger partial charge >= 0.3 is 18.0 Å². The van der Waals surface area contributed by atoms with Crippen LogP contribution in [-0.4, -0.2) is 78.9 Å². The molecule has 0 spiro atoms. The number of hydrogen-bond acceptors (Lipinski definition) is 8. The smallest absolute Gasteiger partial charge is 0.338 e. The van der Waals surface area contributed by atoms with E-state index < -0.39 is 41.3 Å². The summed E-state index contributed by atoms with van der Waals surface area (Å²) in [6.07, 6.45) is 3.17. The molecule has 3 N–H and O–H groups in total. The maximum absolute atomic E-state index is 14.4. The van der Waals surface area contributed by atoms with Gasteiger partial charge in [0.2, 0.25) is 0 Å². The summed E-state index contributed by atoms with van der Waals surface area (Å²) in [7, 11) is 2.48. The molecule has 45 heavy (non-hydrogen) atoms. The summed E-state index contributed by atoms with van der Waals surface area (Å²) in [5.74, 6) is -3.21. The van der Waals surface area contributed by atoms with E-state index >= 15 is 0 Å². The molecule has 13 heteroatoms. The Labute approximate surface area is 259 Å². The third-order valence-corrected chi connectivity index (χ3v) is 8.90. The summed E-state index contributed by atoms with van der Waals surface area (Å²) in [5, 5.41) is 25.8. The van der Waals surface area contributed by atoms with E-state index in [0.29, 0.717) is 37.9 Å². The van der Waals surface area contributed by atoms with E-state index in [1.807, 2.05) is 0 Å². The van der Waals surface area contributed by atoms with Crippen molar-refractivity contribution in [2.24, 2.45) is 0 Å². The zero-order chi connectivity index (χ0) is 32.3. The molecule has 0 radical (unpaired) electrons. The first-order valence-electron chi connectivity index (χ1n) is 14.7. The second kappa shape index (κ2) is 13.3. The largest absolute Gasteiger partial charge is 0.466 e. The Hall–Kier alpha value is -4.38. The summed E-state index contributed by atoms with van der Waals surface area (Å²) in [5.41, 5.74) is 0.241. The van der Waals surface area contributed by atoms with Gasteiger partial charge in [-0.1, -0.05) is 18.2 Å². The number of nitrogens with one attached hydrogen (secondary N) is 2. The standard InChI is InChI=1S/C32H35F2N5O6/c1-44-18-26-27(29(40)45-2)28(20-5-8-24(33)25(34)15-20)39(31(42)37-26)30(41)36-22-11-14-38(17-22)23-9-12-32(43,13-10-23)21-6-3-19(16-35)4-7-21/h3-8,15,22-23,28,43H,9-14,17-18H2,1-2H3,(H,36,41)(H,37,42)/t22-,23?,28+,32?/m1/s1. The second-order valence-corrected chi connectivity index (χ2v) is 11.6. The fraction of sp³-hybridized carbons (Fsp3) is 0.438.